The van der Waals surface area contributed by atoms with Crippen LogP contribution in [0.15, 0.2) is 18.3 Å². The number of hydrogen-bond donors (Lipinski definition) is 1. The lowest BCUT2D eigenvalue weighted by molar-refractivity contribution is 0.0527. The molecule has 2 heterocycles. The molecule has 1 aliphatic heterocycles. The Labute approximate surface area is 125 Å². The van der Waals surface area contributed by atoms with Crippen molar-refractivity contribution in [2.45, 2.75) is 19.4 Å². The number of aliphatic hydroxyl groups is 1. The van der Waals surface area contributed by atoms with E-state index < -0.39 is 0 Å². The average molecular weight is 287 g/mol. The number of likely N-dealkylation sites (N-methyl/N-ethyl adjacent to an activating group) is 1. The van der Waals surface area contributed by atoms with Gasteiger partial charge in [0.05, 0.1) is 12.2 Å². The molecule has 1 amide bonds. The van der Waals surface area contributed by atoms with Crippen molar-refractivity contribution in [3.05, 3.63) is 29.6 Å². The lowest BCUT2D eigenvalue weighted by atomic mass is 10.1. The molecule has 1 aliphatic rings. The summed E-state index contributed by atoms with van der Waals surface area (Å²) in [5.41, 5.74) is 1.03. The van der Waals surface area contributed by atoms with E-state index in [0.29, 0.717) is 24.2 Å². The van der Waals surface area contributed by atoms with Gasteiger partial charge in [0.1, 0.15) is 5.69 Å². The fraction of sp³-hybridized carbons (Fsp3) is 0.500. The number of carbonyl (C=O) groups is 1. The maximum atomic E-state index is 12.7. The van der Waals surface area contributed by atoms with Crippen molar-refractivity contribution in [3.63, 3.8) is 0 Å². The zero-order valence-corrected chi connectivity index (χ0v) is 12.5. The van der Waals surface area contributed by atoms with Crippen LogP contribution in [0.3, 0.4) is 0 Å². The summed E-state index contributed by atoms with van der Waals surface area (Å²) in [6.45, 7) is 4.51. The Hall–Kier alpha value is -1.90. The molecule has 5 heteroatoms. The predicted octanol–water partition coefficient (Wildman–Crippen LogP) is 0.592. The molecule has 0 saturated carbocycles. The molecule has 0 radical (unpaired) electrons. The zero-order valence-electron chi connectivity index (χ0n) is 12.5. The van der Waals surface area contributed by atoms with Crippen molar-refractivity contribution in [2.75, 3.05) is 33.3 Å². The zero-order chi connectivity index (χ0) is 15.2. The van der Waals surface area contributed by atoms with Crippen LogP contribution in [0.1, 0.15) is 29.4 Å². The summed E-state index contributed by atoms with van der Waals surface area (Å²) < 4.78 is 0. The standard InChI is InChI=1S/C16H21N3O2/c1-13-12-18(2)9-10-19(13)16(21)15-14(6-3-4-11-20)7-5-8-17-15/h5,7-8,13,20H,4,9-12H2,1-2H3. The molecular weight excluding hydrogens is 266 g/mol. The summed E-state index contributed by atoms with van der Waals surface area (Å²) in [6, 6.07) is 3.73. The van der Waals surface area contributed by atoms with Crippen LogP contribution >= 0.6 is 0 Å². The van der Waals surface area contributed by atoms with Gasteiger partial charge in [-0.25, -0.2) is 4.98 Å². The van der Waals surface area contributed by atoms with E-state index in [9.17, 15) is 4.79 Å². The smallest absolute Gasteiger partial charge is 0.274 e. The summed E-state index contributed by atoms with van der Waals surface area (Å²) in [5, 5.41) is 8.79. The van der Waals surface area contributed by atoms with Crippen molar-refractivity contribution in [1.82, 2.24) is 14.8 Å². The van der Waals surface area contributed by atoms with Gasteiger partial charge in [-0.05, 0) is 26.1 Å². The highest BCUT2D eigenvalue weighted by Gasteiger charge is 2.28. The third-order valence-corrected chi connectivity index (χ3v) is 3.56. The van der Waals surface area contributed by atoms with Crippen LogP contribution in [0.4, 0.5) is 0 Å². The van der Waals surface area contributed by atoms with Crippen LogP contribution in [0.5, 0.6) is 0 Å². The number of aromatic nitrogens is 1. The Morgan fingerprint density at radius 3 is 3.05 bits per heavy atom. The lowest BCUT2D eigenvalue weighted by Gasteiger charge is -2.38. The van der Waals surface area contributed by atoms with Gasteiger partial charge < -0.3 is 14.9 Å². The number of amides is 1. The van der Waals surface area contributed by atoms with Gasteiger partial charge in [-0.3, -0.25) is 4.79 Å². The Morgan fingerprint density at radius 2 is 2.33 bits per heavy atom. The van der Waals surface area contributed by atoms with Crippen molar-refractivity contribution >= 4 is 5.91 Å². The van der Waals surface area contributed by atoms with E-state index in [1.54, 1.807) is 18.3 Å². The highest BCUT2D eigenvalue weighted by atomic mass is 16.2. The molecule has 112 valence electrons. The summed E-state index contributed by atoms with van der Waals surface area (Å²) in [6.07, 6.45) is 2.01. The van der Waals surface area contributed by atoms with Gasteiger partial charge in [-0.2, -0.15) is 0 Å². The third-order valence-electron chi connectivity index (χ3n) is 3.56. The number of aliphatic hydroxyl groups excluding tert-OH is 1. The first-order chi connectivity index (χ1) is 10.1. The van der Waals surface area contributed by atoms with E-state index >= 15 is 0 Å². The van der Waals surface area contributed by atoms with Gasteiger partial charge in [0.15, 0.2) is 0 Å². The molecule has 5 nitrogen and oxygen atoms in total. The first-order valence-electron chi connectivity index (χ1n) is 7.17. The van der Waals surface area contributed by atoms with Gasteiger partial charge in [-0.15, -0.1) is 0 Å². The molecule has 1 aromatic heterocycles. The van der Waals surface area contributed by atoms with Crippen molar-refractivity contribution < 1.29 is 9.90 Å². The minimum Gasteiger partial charge on any atom is -0.395 e. The summed E-state index contributed by atoms with van der Waals surface area (Å²) in [4.78, 5) is 21.0. The fourth-order valence-electron chi connectivity index (χ4n) is 2.47. The van der Waals surface area contributed by atoms with Crippen LogP contribution < -0.4 is 0 Å². The molecule has 0 aliphatic carbocycles. The van der Waals surface area contributed by atoms with Gasteiger partial charge in [0.25, 0.3) is 5.91 Å². The second-order valence-electron chi connectivity index (χ2n) is 5.28. The van der Waals surface area contributed by atoms with Crippen molar-refractivity contribution in [3.8, 4) is 11.8 Å². The number of piperazine rings is 1. The number of rotatable bonds is 2. The van der Waals surface area contributed by atoms with Crippen LogP contribution in [0.25, 0.3) is 0 Å². The molecule has 0 bridgehead atoms. The molecule has 1 aromatic rings. The molecule has 0 aromatic carbocycles. The number of pyridine rings is 1. The first kappa shape index (κ1) is 15.5. The summed E-state index contributed by atoms with van der Waals surface area (Å²) in [7, 11) is 2.06. The van der Waals surface area contributed by atoms with Crippen LogP contribution in [0.2, 0.25) is 0 Å². The maximum Gasteiger partial charge on any atom is 0.274 e. The van der Waals surface area contributed by atoms with E-state index in [4.69, 9.17) is 5.11 Å². The van der Waals surface area contributed by atoms with E-state index in [0.717, 1.165) is 13.1 Å². The number of hydrogen-bond acceptors (Lipinski definition) is 4. The Morgan fingerprint density at radius 1 is 1.52 bits per heavy atom. The SMILES string of the molecule is CC1CN(C)CCN1C(=O)c1ncccc1C#CCCO. The van der Waals surface area contributed by atoms with Crippen LogP contribution in [-0.4, -0.2) is 65.1 Å². The second kappa shape index (κ2) is 7.21. The van der Waals surface area contributed by atoms with Gasteiger partial charge in [0.2, 0.25) is 0 Å². The Balaban J connectivity index is 2.21. The van der Waals surface area contributed by atoms with Crippen molar-refractivity contribution in [1.29, 1.82) is 0 Å². The van der Waals surface area contributed by atoms with E-state index in [2.05, 4.69) is 28.8 Å². The number of carbonyl (C=O) groups excluding carboxylic acids is 1. The minimum absolute atomic E-state index is 0.0199. The minimum atomic E-state index is -0.0653. The topological polar surface area (TPSA) is 56.7 Å². The van der Waals surface area contributed by atoms with Gasteiger partial charge in [-0.1, -0.05) is 11.8 Å². The lowest BCUT2D eigenvalue weighted by Crippen LogP contribution is -2.53. The third kappa shape index (κ3) is 3.81. The molecule has 0 spiro atoms. The second-order valence-corrected chi connectivity index (χ2v) is 5.28. The van der Waals surface area contributed by atoms with Crippen molar-refractivity contribution in [2.24, 2.45) is 0 Å². The summed E-state index contributed by atoms with van der Waals surface area (Å²) in [5.74, 6) is 5.71. The molecule has 1 fully saturated rings. The Bertz CT molecular complexity index is 562. The summed E-state index contributed by atoms with van der Waals surface area (Å²) >= 11 is 0. The van der Waals surface area contributed by atoms with Crippen LogP contribution in [-0.2, 0) is 0 Å². The highest BCUT2D eigenvalue weighted by Crippen LogP contribution is 2.14. The Kier molecular flexibility index (Phi) is 5.32. The molecule has 1 saturated heterocycles. The quantitative estimate of drug-likeness (QED) is 0.809. The molecule has 21 heavy (non-hydrogen) atoms. The normalized spacial score (nSPS) is 19.0. The molecule has 1 unspecified atom stereocenters. The molecule has 1 atom stereocenters. The maximum absolute atomic E-state index is 12.7. The molecule has 1 N–H and O–H groups in total. The largest absolute Gasteiger partial charge is 0.395 e. The monoisotopic (exact) mass is 287 g/mol. The molecular formula is C16H21N3O2. The first-order valence-corrected chi connectivity index (χ1v) is 7.17. The van der Waals surface area contributed by atoms with E-state index in [1.165, 1.54) is 0 Å². The number of nitrogens with zero attached hydrogens (tertiary/aromatic N) is 3. The van der Waals surface area contributed by atoms with E-state index in [1.807, 2.05) is 11.8 Å². The van der Waals surface area contributed by atoms with Gasteiger partial charge in [0, 0.05) is 38.3 Å². The highest BCUT2D eigenvalue weighted by molar-refractivity contribution is 5.95. The predicted molar refractivity (Wildman–Crippen MR) is 80.8 cm³/mol. The van der Waals surface area contributed by atoms with Crippen LogP contribution in [0, 0.1) is 11.8 Å². The average Bonchev–Trinajstić information content (AvgIpc) is 2.47. The molecule has 2 rings (SSSR count). The fourth-order valence-corrected chi connectivity index (χ4v) is 2.47. The van der Waals surface area contributed by atoms with Gasteiger partial charge >= 0.3 is 0 Å². The van der Waals surface area contributed by atoms with E-state index in [-0.39, 0.29) is 18.6 Å².